The number of hydrogen-bond donors (Lipinski definition) is 1. The van der Waals surface area contributed by atoms with Gasteiger partial charge in [0.05, 0.1) is 34.6 Å². The molecule has 0 bridgehead atoms. The van der Waals surface area contributed by atoms with Gasteiger partial charge in [-0.15, -0.1) is 0 Å². The molecule has 0 amide bonds. The van der Waals surface area contributed by atoms with Crippen molar-refractivity contribution in [3.05, 3.63) is 35.7 Å². The fraction of sp³-hybridized carbons (Fsp3) is 0.375. The van der Waals surface area contributed by atoms with Gasteiger partial charge in [0.15, 0.2) is 15.4 Å². The zero-order valence-electron chi connectivity index (χ0n) is 13.5. The summed E-state index contributed by atoms with van der Waals surface area (Å²) in [5.41, 5.74) is 3.98. The summed E-state index contributed by atoms with van der Waals surface area (Å²) in [5, 5.41) is 7.71. The quantitative estimate of drug-likeness (QED) is 0.784. The molecule has 1 fully saturated rings. The van der Waals surface area contributed by atoms with Crippen molar-refractivity contribution in [2.75, 3.05) is 16.8 Å². The van der Waals surface area contributed by atoms with Crippen LogP contribution in [0.3, 0.4) is 0 Å². The van der Waals surface area contributed by atoms with E-state index in [2.05, 4.69) is 15.4 Å². The lowest BCUT2D eigenvalue weighted by Gasteiger charge is -2.11. The molecule has 1 aliphatic heterocycles. The Bertz CT molecular complexity index is 986. The van der Waals surface area contributed by atoms with Crippen LogP contribution < -0.4 is 5.32 Å². The molecule has 0 saturated carbocycles. The highest BCUT2D eigenvalue weighted by atomic mass is 32.2. The molecular formula is C16H18N4O3S. The fourth-order valence-electron chi connectivity index (χ4n) is 3.20. The van der Waals surface area contributed by atoms with Crippen LogP contribution in [0.1, 0.15) is 23.9 Å². The van der Waals surface area contributed by atoms with Gasteiger partial charge in [0.1, 0.15) is 5.52 Å². The molecule has 0 aliphatic carbocycles. The molecule has 3 aromatic rings. The number of benzene rings is 1. The summed E-state index contributed by atoms with van der Waals surface area (Å²) < 4.78 is 31.0. The van der Waals surface area contributed by atoms with Crippen molar-refractivity contribution >= 4 is 32.6 Å². The molecule has 4 rings (SSSR count). The minimum absolute atomic E-state index is 0.104. The number of rotatable bonds is 3. The van der Waals surface area contributed by atoms with Gasteiger partial charge < -0.3 is 9.73 Å². The van der Waals surface area contributed by atoms with Gasteiger partial charge in [-0.25, -0.2) is 8.42 Å². The van der Waals surface area contributed by atoms with Crippen molar-refractivity contribution in [2.45, 2.75) is 26.3 Å². The first-order chi connectivity index (χ1) is 11.4. The van der Waals surface area contributed by atoms with Crippen LogP contribution in [-0.2, 0) is 9.84 Å². The number of nitrogens with zero attached hydrogens (tertiary/aromatic N) is 3. The van der Waals surface area contributed by atoms with Gasteiger partial charge in [-0.2, -0.15) is 10.1 Å². The van der Waals surface area contributed by atoms with Gasteiger partial charge in [0.25, 0.3) is 6.01 Å². The maximum atomic E-state index is 11.7. The summed E-state index contributed by atoms with van der Waals surface area (Å²) in [6.07, 6.45) is 0.604. The van der Waals surface area contributed by atoms with E-state index in [1.54, 1.807) is 0 Å². The third kappa shape index (κ3) is 2.56. The van der Waals surface area contributed by atoms with Crippen LogP contribution in [0.25, 0.3) is 11.1 Å². The molecule has 0 spiro atoms. The van der Waals surface area contributed by atoms with E-state index in [9.17, 15) is 8.42 Å². The highest BCUT2D eigenvalue weighted by Gasteiger charge is 2.31. The maximum absolute atomic E-state index is 11.7. The second-order valence-electron chi connectivity index (χ2n) is 6.16. The third-order valence-electron chi connectivity index (χ3n) is 4.41. The summed E-state index contributed by atoms with van der Waals surface area (Å²) in [4.78, 5) is 4.41. The third-order valence-corrected chi connectivity index (χ3v) is 6.16. The summed E-state index contributed by atoms with van der Waals surface area (Å²) in [5.74, 6) is 0.376. The van der Waals surface area contributed by atoms with Crippen molar-refractivity contribution in [3.63, 3.8) is 0 Å². The molecule has 1 N–H and O–H groups in total. The van der Waals surface area contributed by atoms with Gasteiger partial charge in [-0.05, 0) is 32.4 Å². The predicted molar refractivity (Wildman–Crippen MR) is 91.3 cm³/mol. The molecule has 1 atom stereocenters. The number of aryl methyl sites for hydroxylation is 1. The minimum Gasteiger partial charge on any atom is -0.423 e. The van der Waals surface area contributed by atoms with E-state index < -0.39 is 9.84 Å². The smallest absolute Gasteiger partial charge is 0.300 e. The van der Waals surface area contributed by atoms with Gasteiger partial charge in [0, 0.05) is 0 Å². The Morgan fingerprint density at radius 2 is 2.08 bits per heavy atom. The normalized spacial score (nSPS) is 19.8. The Balaban J connectivity index is 1.66. The number of para-hydroxylation sites is 2. The predicted octanol–water partition coefficient (Wildman–Crippen LogP) is 2.74. The Labute approximate surface area is 139 Å². The molecule has 0 radical (unpaired) electrons. The molecule has 1 aliphatic rings. The second kappa shape index (κ2) is 5.34. The zero-order chi connectivity index (χ0) is 16.9. The topological polar surface area (TPSA) is 90.0 Å². The van der Waals surface area contributed by atoms with Gasteiger partial charge in [0.2, 0.25) is 0 Å². The number of aromatic nitrogens is 3. The van der Waals surface area contributed by atoms with E-state index in [1.807, 2.05) is 42.8 Å². The average molecular weight is 346 g/mol. The highest BCUT2D eigenvalue weighted by molar-refractivity contribution is 7.91. The van der Waals surface area contributed by atoms with Crippen LogP contribution in [0.5, 0.6) is 0 Å². The molecule has 126 valence electrons. The number of nitrogens with one attached hydrogen (secondary N) is 1. The SMILES string of the molecule is Cc1nn(C2CCS(=O)(=O)C2)c(C)c1Nc1nc2ccccc2o1. The Kier molecular flexibility index (Phi) is 3.38. The molecule has 1 saturated heterocycles. The zero-order valence-corrected chi connectivity index (χ0v) is 14.3. The van der Waals surface area contributed by atoms with Crippen LogP contribution in [0.4, 0.5) is 11.7 Å². The van der Waals surface area contributed by atoms with E-state index in [-0.39, 0.29) is 17.5 Å². The first-order valence-corrected chi connectivity index (χ1v) is 9.64. The Morgan fingerprint density at radius 1 is 1.29 bits per heavy atom. The summed E-state index contributed by atoms with van der Waals surface area (Å²) in [7, 11) is -2.95. The maximum Gasteiger partial charge on any atom is 0.300 e. The Morgan fingerprint density at radius 3 is 2.79 bits per heavy atom. The van der Waals surface area contributed by atoms with Gasteiger partial charge in [-0.1, -0.05) is 12.1 Å². The molecule has 2 aromatic heterocycles. The molecule has 1 aromatic carbocycles. The van der Waals surface area contributed by atoms with Crippen molar-refractivity contribution in [1.29, 1.82) is 0 Å². The van der Waals surface area contributed by atoms with Crippen molar-refractivity contribution in [1.82, 2.24) is 14.8 Å². The number of anilines is 2. The van der Waals surface area contributed by atoms with Gasteiger partial charge >= 0.3 is 0 Å². The lowest BCUT2D eigenvalue weighted by atomic mass is 10.2. The van der Waals surface area contributed by atoms with Crippen LogP contribution in [-0.4, -0.2) is 34.7 Å². The number of sulfone groups is 1. The lowest BCUT2D eigenvalue weighted by molar-refractivity contribution is 0.486. The van der Waals surface area contributed by atoms with E-state index >= 15 is 0 Å². The van der Waals surface area contributed by atoms with Crippen LogP contribution >= 0.6 is 0 Å². The number of oxazole rings is 1. The highest BCUT2D eigenvalue weighted by Crippen LogP contribution is 2.31. The minimum atomic E-state index is -2.95. The van der Waals surface area contributed by atoms with E-state index in [4.69, 9.17) is 4.42 Å². The van der Waals surface area contributed by atoms with Crippen molar-refractivity contribution < 1.29 is 12.8 Å². The fourth-order valence-corrected chi connectivity index (χ4v) is 4.89. The largest absolute Gasteiger partial charge is 0.423 e. The second-order valence-corrected chi connectivity index (χ2v) is 8.39. The molecule has 1 unspecified atom stereocenters. The first kappa shape index (κ1) is 15.2. The van der Waals surface area contributed by atoms with E-state index in [1.165, 1.54) is 0 Å². The monoisotopic (exact) mass is 346 g/mol. The molecule has 3 heterocycles. The van der Waals surface area contributed by atoms with E-state index in [0.29, 0.717) is 18.0 Å². The summed E-state index contributed by atoms with van der Waals surface area (Å²) in [6, 6.07) is 7.85. The van der Waals surface area contributed by atoms with Crippen LogP contribution in [0.2, 0.25) is 0 Å². The lowest BCUT2D eigenvalue weighted by Crippen LogP contribution is -2.14. The standard InChI is InChI=1S/C16H18N4O3S/c1-10-15(18-16-17-13-5-3-4-6-14(13)23-16)11(2)20(19-10)12-7-8-24(21,22)9-12/h3-6,12H,7-9H2,1-2H3,(H,17,18). The number of fused-ring (bicyclic) bond motifs is 1. The molecule has 8 heteroatoms. The van der Waals surface area contributed by atoms with Gasteiger partial charge in [-0.3, -0.25) is 4.68 Å². The van der Waals surface area contributed by atoms with Crippen molar-refractivity contribution in [2.24, 2.45) is 0 Å². The molecule has 24 heavy (non-hydrogen) atoms. The van der Waals surface area contributed by atoms with Crippen molar-refractivity contribution in [3.8, 4) is 0 Å². The molecule has 7 nitrogen and oxygen atoms in total. The van der Waals surface area contributed by atoms with Crippen LogP contribution in [0, 0.1) is 13.8 Å². The average Bonchev–Trinajstić information content (AvgIpc) is 3.18. The first-order valence-electron chi connectivity index (χ1n) is 7.82. The Hall–Kier alpha value is -2.35. The van der Waals surface area contributed by atoms with Crippen LogP contribution in [0.15, 0.2) is 28.7 Å². The summed E-state index contributed by atoms with van der Waals surface area (Å²) in [6.45, 7) is 3.81. The van der Waals surface area contributed by atoms with E-state index in [0.717, 1.165) is 22.6 Å². The summed E-state index contributed by atoms with van der Waals surface area (Å²) >= 11 is 0. The molecular weight excluding hydrogens is 328 g/mol. The number of hydrogen-bond acceptors (Lipinski definition) is 6.